The van der Waals surface area contributed by atoms with Crippen LogP contribution in [0.5, 0.6) is 0 Å². The number of nitrogens with two attached hydrogens (primary N) is 1. The van der Waals surface area contributed by atoms with Gasteiger partial charge in [-0.1, -0.05) is 122 Å². The summed E-state index contributed by atoms with van der Waals surface area (Å²) in [4.78, 5) is 11.3. The van der Waals surface area contributed by atoms with Crippen molar-refractivity contribution in [3.8, 4) is 0 Å². The van der Waals surface area contributed by atoms with E-state index in [2.05, 4.69) is 6.92 Å². The van der Waals surface area contributed by atoms with E-state index in [4.69, 9.17) is 10.5 Å². The number of unbranched alkanes of at least 4 members (excludes halogenated alkanes) is 18. The maximum absolute atomic E-state index is 11.3. The Hall–Kier alpha value is -0.570. The minimum Gasteiger partial charge on any atom is -0.447 e. The summed E-state index contributed by atoms with van der Waals surface area (Å²) in [5.74, 6) is -0.156. The van der Waals surface area contributed by atoms with E-state index < -0.39 is 6.23 Å². The van der Waals surface area contributed by atoms with Gasteiger partial charge in [0.1, 0.15) is 6.23 Å². The second-order valence-corrected chi connectivity index (χ2v) is 8.31. The monoisotopic (exact) mass is 383 g/mol. The van der Waals surface area contributed by atoms with Crippen LogP contribution in [0.25, 0.3) is 0 Å². The van der Waals surface area contributed by atoms with E-state index in [0.29, 0.717) is 6.42 Å². The molecule has 0 aromatic heterocycles. The molecule has 162 valence electrons. The molecule has 0 heterocycles. The van der Waals surface area contributed by atoms with Gasteiger partial charge in [-0.15, -0.1) is 0 Å². The second-order valence-electron chi connectivity index (χ2n) is 8.31. The molecule has 0 aliphatic carbocycles. The van der Waals surface area contributed by atoms with Crippen LogP contribution in [0.1, 0.15) is 142 Å². The fraction of sp³-hybridized carbons (Fsp3) is 0.958. The fourth-order valence-electron chi connectivity index (χ4n) is 3.61. The topological polar surface area (TPSA) is 52.3 Å². The summed E-state index contributed by atoms with van der Waals surface area (Å²) < 4.78 is 4.93. The van der Waals surface area contributed by atoms with Gasteiger partial charge in [0, 0.05) is 6.42 Å². The maximum Gasteiger partial charge on any atom is 0.307 e. The van der Waals surface area contributed by atoms with Crippen LogP contribution >= 0.6 is 0 Å². The summed E-state index contributed by atoms with van der Waals surface area (Å²) in [6.45, 7) is 3.97. The molecular formula is C24H49NO2. The molecule has 0 aliphatic heterocycles. The Morgan fingerprint density at radius 2 is 0.926 bits per heavy atom. The largest absolute Gasteiger partial charge is 0.447 e. The van der Waals surface area contributed by atoms with Crippen LogP contribution in [-0.2, 0) is 9.53 Å². The molecule has 0 saturated heterocycles. The van der Waals surface area contributed by atoms with Gasteiger partial charge >= 0.3 is 5.97 Å². The van der Waals surface area contributed by atoms with Crippen LogP contribution in [0.2, 0.25) is 0 Å². The van der Waals surface area contributed by atoms with Crippen LogP contribution in [0.15, 0.2) is 0 Å². The van der Waals surface area contributed by atoms with E-state index in [9.17, 15) is 4.79 Å². The van der Waals surface area contributed by atoms with Gasteiger partial charge in [0.15, 0.2) is 0 Å². The van der Waals surface area contributed by atoms with Gasteiger partial charge in [-0.25, -0.2) is 0 Å². The van der Waals surface area contributed by atoms with Gasteiger partial charge in [0.05, 0.1) is 0 Å². The van der Waals surface area contributed by atoms with Crippen molar-refractivity contribution < 1.29 is 9.53 Å². The number of hydrogen-bond acceptors (Lipinski definition) is 3. The number of carbonyl (C=O) groups excluding carboxylic acids is 1. The first-order chi connectivity index (χ1) is 13.2. The summed E-state index contributed by atoms with van der Waals surface area (Å²) in [7, 11) is 0. The Bertz CT molecular complexity index is 305. The van der Waals surface area contributed by atoms with E-state index in [1.807, 2.05) is 0 Å². The van der Waals surface area contributed by atoms with E-state index in [1.54, 1.807) is 6.92 Å². The highest BCUT2D eigenvalue weighted by Gasteiger charge is 2.04. The zero-order chi connectivity index (χ0) is 20.0. The lowest BCUT2D eigenvalue weighted by atomic mass is 10.0. The molecular weight excluding hydrogens is 334 g/mol. The minimum absolute atomic E-state index is 0.156. The normalized spacial score (nSPS) is 12.3. The molecule has 0 aliphatic rings. The highest BCUT2D eigenvalue weighted by Crippen LogP contribution is 2.14. The quantitative estimate of drug-likeness (QED) is 0.126. The van der Waals surface area contributed by atoms with Crippen molar-refractivity contribution in [1.82, 2.24) is 0 Å². The predicted molar refractivity (Wildman–Crippen MR) is 118 cm³/mol. The first-order valence-electron chi connectivity index (χ1n) is 12.1. The molecule has 27 heavy (non-hydrogen) atoms. The van der Waals surface area contributed by atoms with Crippen molar-refractivity contribution in [3.05, 3.63) is 0 Å². The lowest BCUT2D eigenvalue weighted by Crippen LogP contribution is -2.23. The number of rotatable bonds is 21. The molecule has 3 nitrogen and oxygen atoms in total. The number of esters is 1. The Morgan fingerprint density at radius 1 is 0.630 bits per heavy atom. The van der Waals surface area contributed by atoms with Gasteiger partial charge in [-0.2, -0.15) is 0 Å². The van der Waals surface area contributed by atoms with E-state index in [-0.39, 0.29) is 5.97 Å². The average Bonchev–Trinajstić information content (AvgIpc) is 2.63. The van der Waals surface area contributed by atoms with Gasteiger partial charge in [0.25, 0.3) is 0 Å². The minimum atomic E-state index is -0.474. The van der Waals surface area contributed by atoms with Crippen LogP contribution in [0, 0.1) is 0 Å². The summed E-state index contributed by atoms with van der Waals surface area (Å²) in [5, 5.41) is 0. The molecule has 0 saturated carbocycles. The van der Waals surface area contributed by atoms with Crippen molar-refractivity contribution in [2.24, 2.45) is 5.73 Å². The lowest BCUT2D eigenvalue weighted by Gasteiger charge is -2.07. The third-order valence-electron chi connectivity index (χ3n) is 5.30. The fourth-order valence-corrected chi connectivity index (χ4v) is 3.61. The van der Waals surface area contributed by atoms with Crippen LogP contribution in [0.3, 0.4) is 0 Å². The second kappa shape index (κ2) is 21.7. The van der Waals surface area contributed by atoms with E-state index >= 15 is 0 Å². The first kappa shape index (κ1) is 26.4. The molecule has 3 heteroatoms. The highest BCUT2D eigenvalue weighted by atomic mass is 16.5. The average molecular weight is 384 g/mol. The van der Waals surface area contributed by atoms with E-state index in [1.165, 1.54) is 109 Å². The van der Waals surface area contributed by atoms with Crippen molar-refractivity contribution in [3.63, 3.8) is 0 Å². The molecule has 0 spiro atoms. The Morgan fingerprint density at radius 3 is 1.22 bits per heavy atom. The van der Waals surface area contributed by atoms with Crippen molar-refractivity contribution in [2.75, 3.05) is 0 Å². The highest BCUT2D eigenvalue weighted by molar-refractivity contribution is 5.69. The molecule has 0 aromatic carbocycles. The van der Waals surface area contributed by atoms with Crippen molar-refractivity contribution in [1.29, 1.82) is 0 Å². The number of ether oxygens (including phenoxy) is 1. The van der Waals surface area contributed by atoms with Crippen molar-refractivity contribution in [2.45, 2.75) is 148 Å². The Labute approximate surface area is 170 Å². The SMILES string of the molecule is CCCCCCCCCCCCCCCCCCCCCC(=O)OC(C)N. The zero-order valence-electron chi connectivity index (χ0n) is 18.6. The molecule has 1 unspecified atom stereocenters. The summed E-state index contributed by atoms with van der Waals surface area (Å²) in [5.41, 5.74) is 5.42. The third-order valence-corrected chi connectivity index (χ3v) is 5.30. The maximum atomic E-state index is 11.3. The van der Waals surface area contributed by atoms with E-state index in [0.717, 1.165) is 12.8 Å². The summed E-state index contributed by atoms with van der Waals surface area (Å²) in [6, 6.07) is 0. The molecule has 0 radical (unpaired) electrons. The molecule has 0 bridgehead atoms. The van der Waals surface area contributed by atoms with Gasteiger partial charge in [0.2, 0.25) is 0 Å². The third kappa shape index (κ3) is 23.4. The molecule has 2 N–H and O–H groups in total. The smallest absolute Gasteiger partial charge is 0.307 e. The van der Waals surface area contributed by atoms with Gasteiger partial charge in [-0.05, 0) is 13.3 Å². The molecule has 0 fully saturated rings. The number of hydrogen-bond donors (Lipinski definition) is 1. The first-order valence-corrected chi connectivity index (χ1v) is 12.1. The standard InChI is InChI=1S/C24H49NO2/c1-3-4-5-6-7-8-9-10-11-12-13-14-15-16-17-18-19-20-21-22-24(26)27-23(2)25/h23H,3-22,25H2,1-2H3. The lowest BCUT2D eigenvalue weighted by molar-refractivity contribution is -0.148. The van der Waals surface area contributed by atoms with Crippen LogP contribution in [-0.4, -0.2) is 12.2 Å². The Kier molecular flexibility index (Phi) is 21.3. The molecule has 1 atom stereocenters. The van der Waals surface area contributed by atoms with Crippen molar-refractivity contribution >= 4 is 5.97 Å². The van der Waals surface area contributed by atoms with Crippen LogP contribution in [0.4, 0.5) is 0 Å². The summed E-state index contributed by atoms with van der Waals surface area (Å²) in [6.07, 6.45) is 26.0. The number of carbonyl (C=O) groups is 1. The Balaban J connectivity index is 3.06. The van der Waals surface area contributed by atoms with Gasteiger partial charge < -0.3 is 4.74 Å². The van der Waals surface area contributed by atoms with Gasteiger partial charge in [-0.3, -0.25) is 10.5 Å². The molecule has 0 aromatic rings. The van der Waals surface area contributed by atoms with Crippen LogP contribution < -0.4 is 5.73 Å². The predicted octanol–water partition coefficient (Wildman–Crippen LogP) is 7.66. The molecule has 0 rings (SSSR count). The molecule has 0 amide bonds. The zero-order valence-corrected chi connectivity index (χ0v) is 18.6. The summed E-state index contributed by atoms with van der Waals surface area (Å²) >= 11 is 0.